The number of nitrogens with zero attached hydrogens (tertiary/aromatic N) is 2. The Morgan fingerprint density at radius 3 is 2.69 bits per heavy atom. The number of rotatable bonds is 10. The molecule has 0 fully saturated rings. The average molecular weight is 487 g/mol. The van der Waals surface area contributed by atoms with Gasteiger partial charge in [0.25, 0.3) is 5.91 Å². The van der Waals surface area contributed by atoms with Gasteiger partial charge in [-0.25, -0.2) is 4.98 Å². The lowest BCUT2D eigenvalue weighted by Gasteiger charge is -2.13. The van der Waals surface area contributed by atoms with Crippen LogP contribution in [0.2, 0.25) is 0 Å². The number of hydrazone groups is 1. The first-order valence-corrected chi connectivity index (χ1v) is 12.0. The van der Waals surface area contributed by atoms with E-state index in [9.17, 15) is 4.79 Å². The number of ether oxygens (including phenoxy) is 2. The number of carbonyl (C=O) groups excluding carboxylic acids is 1. The van der Waals surface area contributed by atoms with Crippen LogP contribution in [-0.2, 0) is 4.79 Å². The van der Waals surface area contributed by atoms with E-state index in [1.54, 1.807) is 12.3 Å². The molecule has 4 rings (SSSR count). The van der Waals surface area contributed by atoms with E-state index in [2.05, 4.69) is 20.8 Å². The van der Waals surface area contributed by atoms with Gasteiger partial charge in [0.2, 0.25) is 5.13 Å². The third-order valence-electron chi connectivity index (χ3n) is 4.88. The van der Waals surface area contributed by atoms with Gasteiger partial charge < -0.3 is 14.8 Å². The lowest BCUT2D eigenvalue weighted by atomic mass is 10.2. The minimum atomic E-state index is -0.244. The van der Waals surface area contributed by atoms with Crippen molar-refractivity contribution in [1.82, 2.24) is 4.98 Å². The molecule has 0 aliphatic rings. The van der Waals surface area contributed by atoms with Crippen molar-refractivity contribution in [3.05, 3.63) is 89.3 Å². The SMILES string of the molecule is CCOc1cc(C=NNc2nc(-c3ccccc3)cs2)ccc1OCC(=O)Nc1cccc(C)c1. The Balaban J connectivity index is 1.35. The van der Waals surface area contributed by atoms with Crippen LogP contribution in [0.3, 0.4) is 0 Å². The Morgan fingerprint density at radius 2 is 1.89 bits per heavy atom. The van der Waals surface area contributed by atoms with Gasteiger partial charge in [0.1, 0.15) is 0 Å². The molecule has 35 heavy (non-hydrogen) atoms. The van der Waals surface area contributed by atoms with E-state index in [1.807, 2.05) is 86.0 Å². The second-order valence-corrected chi connectivity index (χ2v) is 8.48. The van der Waals surface area contributed by atoms with Gasteiger partial charge in [-0.3, -0.25) is 10.2 Å². The lowest BCUT2D eigenvalue weighted by molar-refractivity contribution is -0.118. The smallest absolute Gasteiger partial charge is 0.262 e. The molecule has 0 aliphatic heterocycles. The van der Waals surface area contributed by atoms with Crippen LogP contribution in [0.5, 0.6) is 11.5 Å². The maximum atomic E-state index is 12.3. The Hall–Kier alpha value is -4.17. The minimum absolute atomic E-state index is 0.128. The lowest BCUT2D eigenvalue weighted by Crippen LogP contribution is -2.20. The third kappa shape index (κ3) is 6.91. The molecule has 3 aromatic carbocycles. The number of amides is 1. The molecule has 2 N–H and O–H groups in total. The van der Waals surface area contributed by atoms with Gasteiger partial charge in [-0.05, 0) is 55.3 Å². The second-order valence-electron chi connectivity index (χ2n) is 7.62. The van der Waals surface area contributed by atoms with Crippen LogP contribution in [0.15, 0.2) is 83.3 Å². The maximum Gasteiger partial charge on any atom is 0.262 e. The topological polar surface area (TPSA) is 84.8 Å². The molecule has 1 amide bonds. The molecule has 1 aromatic heterocycles. The number of carbonyl (C=O) groups is 1. The van der Waals surface area contributed by atoms with Gasteiger partial charge in [-0.1, -0.05) is 42.5 Å². The molecule has 8 heteroatoms. The summed E-state index contributed by atoms with van der Waals surface area (Å²) in [4.78, 5) is 16.8. The molecule has 0 saturated carbocycles. The zero-order valence-electron chi connectivity index (χ0n) is 19.5. The first kappa shape index (κ1) is 24.0. The van der Waals surface area contributed by atoms with Crippen molar-refractivity contribution in [2.75, 3.05) is 24.0 Å². The summed E-state index contributed by atoms with van der Waals surface area (Å²) in [6, 6.07) is 23.0. The number of aromatic nitrogens is 1. The summed E-state index contributed by atoms with van der Waals surface area (Å²) in [5.41, 5.74) is 7.55. The van der Waals surface area contributed by atoms with E-state index in [-0.39, 0.29) is 12.5 Å². The highest BCUT2D eigenvalue weighted by Gasteiger charge is 2.10. The molecule has 178 valence electrons. The average Bonchev–Trinajstić information content (AvgIpc) is 3.33. The second kappa shape index (κ2) is 11.8. The molecule has 0 saturated heterocycles. The van der Waals surface area contributed by atoms with E-state index in [0.29, 0.717) is 23.2 Å². The zero-order chi connectivity index (χ0) is 24.5. The Morgan fingerprint density at radius 1 is 1.03 bits per heavy atom. The minimum Gasteiger partial charge on any atom is -0.490 e. The van der Waals surface area contributed by atoms with Crippen LogP contribution in [0, 0.1) is 6.92 Å². The fourth-order valence-electron chi connectivity index (χ4n) is 3.28. The predicted octanol–water partition coefficient (Wildman–Crippen LogP) is 5.98. The highest BCUT2D eigenvalue weighted by molar-refractivity contribution is 7.14. The third-order valence-corrected chi connectivity index (χ3v) is 5.62. The number of aryl methyl sites for hydroxylation is 1. The van der Waals surface area contributed by atoms with Crippen molar-refractivity contribution in [2.45, 2.75) is 13.8 Å². The number of hydrogen-bond acceptors (Lipinski definition) is 7. The van der Waals surface area contributed by atoms with Gasteiger partial charge in [0.15, 0.2) is 18.1 Å². The van der Waals surface area contributed by atoms with Crippen molar-refractivity contribution < 1.29 is 14.3 Å². The van der Waals surface area contributed by atoms with E-state index in [1.165, 1.54) is 11.3 Å². The zero-order valence-corrected chi connectivity index (χ0v) is 20.3. The molecule has 0 spiro atoms. The molecule has 4 aromatic rings. The summed E-state index contributed by atoms with van der Waals surface area (Å²) in [5.74, 6) is 0.787. The van der Waals surface area contributed by atoms with Crippen LogP contribution in [-0.4, -0.2) is 30.3 Å². The fraction of sp³-hybridized carbons (Fsp3) is 0.148. The van der Waals surface area contributed by atoms with Gasteiger partial charge in [-0.2, -0.15) is 5.10 Å². The van der Waals surface area contributed by atoms with E-state index < -0.39 is 0 Å². The molecular weight excluding hydrogens is 460 g/mol. The Labute approximate surface area is 208 Å². The predicted molar refractivity (Wildman–Crippen MR) is 142 cm³/mol. The first-order valence-electron chi connectivity index (χ1n) is 11.2. The fourth-order valence-corrected chi connectivity index (χ4v) is 3.95. The number of thiazole rings is 1. The number of anilines is 2. The van der Waals surface area contributed by atoms with E-state index in [0.717, 1.165) is 28.1 Å². The van der Waals surface area contributed by atoms with Crippen molar-refractivity contribution in [2.24, 2.45) is 5.10 Å². The number of hydrogen-bond donors (Lipinski definition) is 2. The van der Waals surface area contributed by atoms with Gasteiger partial charge in [0.05, 0.1) is 18.5 Å². The summed E-state index contributed by atoms with van der Waals surface area (Å²) in [7, 11) is 0. The normalized spacial score (nSPS) is 10.8. The van der Waals surface area contributed by atoms with Crippen LogP contribution in [0.4, 0.5) is 10.8 Å². The van der Waals surface area contributed by atoms with Gasteiger partial charge >= 0.3 is 0 Å². The quantitative estimate of drug-likeness (QED) is 0.213. The van der Waals surface area contributed by atoms with Crippen molar-refractivity contribution in [3.63, 3.8) is 0 Å². The molecule has 0 aliphatic carbocycles. The Bertz CT molecular complexity index is 1300. The van der Waals surface area contributed by atoms with Gasteiger partial charge in [0, 0.05) is 16.6 Å². The summed E-state index contributed by atoms with van der Waals surface area (Å²) in [5, 5.41) is 9.81. The molecule has 7 nitrogen and oxygen atoms in total. The Kier molecular flexibility index (Phi) is 8.08. The molecule has 0 unspecified atom stereocenters. The van der Waals surface area contributed by atoms with Crippen LogP contribution in [0.1, 0.15) is 18.1 Å². The van der Waals surface area contributed by atoms with Crippen molar-refractivity contribution >= 4 is 34.3 Å². The molecule has 0 bridgehead atoms. The standard InChI is InChI=1S/C27H26N4O3S/c1-3-33-25-15-20(16-28-31-27-30-23(18-35-27)21-9-5-4-6-10-21)12-13-24(25)34-17-26(32)29-22-11-7-8-19(2)14-22/h4-16,18H,3,17H2,1-2H3,(H,29,32)(H,30,31). The summed E-state index contributed by atoms with van der Waals surface area (Å²) in [6.07, 6.45) is 1.68. The molecule has 0 radical (unpaired) electrons. The highest BCUT2D eigenvalue weighted by atomic mass is 32.1. The largest absolute Gasteiger partial charge is 0.490 e. The van der Waals surface area contributed by atoms with E-state index in [4.69, 9.17) is 9.47 Å². The van der Waals surface area contributed by atoms with Crippen LogP contribution < -0.4 is 20.2 Å². The summed E-state index contributed by atoms with van der Waals surface area (Å²) in [6.45, 7) is 4.20. The number of nitrogens with one attached hydrogen (secondary N) is 2. The molecule has 0 atom stereocenters. The monoisotopic (exact) mass is 486 g/mol. The highest BCUT2D eigenvalue weighted by Crippen LogP contribution is 2.28. The van der Waals surface area contributed by atoms with Crippen LogP contribution >= 0.6 is 11.3 Å². The van der Waals surface area contributed by atoms with Crippen molar-refractivity contribution in [3.8, 4) is 22.8 Å². The van der Waals surface area contributed by atoms with Crippen molar-refractivity contribution in [1.29, 1.82) is 0 Å². The van der Waals surface area contributed by atoms with Gasteiger partial charge in [-0.15, -0.1) is 11.3 Å². The maximum absolute atomic E-state index is 12.3. The van der Waals surface area contributed by atoms with E-state index >= 15 is 0 Å². The summed E-state index contributed by atoms with van der Waals surface area (Å²) >= 11 is 1.49. The first-order chi connectivity index (χ1) is 17.1. The summed E-state index contributed by atoms with van der Waals surface area (Å²) < 4.78 is 11.4. The molecule has 1 heterocycles. The number of benzene rings is 3. The van der Waals surface area contributed by atoms with Crippen LogP contribution in [0.25, 0.3) is 11.3 Å². The molecular formula is C27H26N4O3S.